The van der Waals surface area contributed by atoms with E-state index in [2.05, 4.69) is 76.8 Å². The minimum Gasteiger partial charge on any atom is -0.354 e. The van der Waals surface area contributed by atoms with Gasteiger partial charge in [0, 0.05) is 28.9 Å². The van der Waals surface area contributed by atoms with Crippen LogP contribution in [0.25, 0.3) is 22.2 Å². The van der Waals surface area contributed by atoms with Crippen LogP contribution >= 0.6 is 0 Å². The molecule has 0 atom stereocenters. The van der Waals surface area contributed by atoms with Crippen LogP contribution in [0, 0.1) is 0 Å². The largest absolute Gasteiger partial charge is 0.354 e. The number of rotatable bonds is 9. The molecule has 4 aromatic rings. The number of aromatic nitrogens is 2. The van der Waals surface area contributed by atoms with Crippen molar-refractivity contribution in [1.29, 1.82) is 0 Å². The van der Waals surface area contributed by atoms with Gasteiger partial charge in [-0.05, 0) is 59.7 Å². The van der Waals surface area contributed by atoms with Crippen LogP contribution < -0.4 is 5.43 Å². The number of nitrogens with zero attached hydrogens (tertiary/aromatic N) is 2. The molecule has 2 aromatic carbocycles. The Morgan fingerprint density at radius 2 is 1.84 bits per heavy atom. The highest BCUT2D eigenvalue weighted by Gasteiger charge is 2.12. The van der Waals surface area contributed by atoms with Gasteiger partial charge in [0.15, 0.2) is 0 Å². The van der Waals surface area contributed by atoms with Crippen LogP contribution in [0.3, 0.4) is 0 Å². The SMILES string of the molecule is CCCCc1ccc2[nH]c(-c3ccc(CC)cc3)c(C=NNCc3cccnc3)c2c1. The smallest absolute Gasteiger partial charge is 0.0595 e. The summed E-state index contributed by atoms with van der Waals surface area (Å²) in [6.07, 6.45) is 10.1. The molecule has 4 heteroatoms. The molecule has 2 heterocycles. The monoisotopic (exact) mass is 410 g/mol. The minimum atomic E-state index is 0.648. The van der Waals surface area contributed by atoms with Crippen LogP contribution in [0.15, 0.2) is 72.1 Å². The summed E-state index contributed by atoms with van der Waals surface area (Å²) < 4.78 is 0. The van der Waals surface area contributed by atoms with E-state index in [4.69, 9.17) is 0 Å². The van der Waals surface area contributed by atoms with Crippen molar-refractivity contribution in [1.82, 2.24) is 15.4 Å². The lowest BCUT2D eigenvalue weighted by atomic mass is 10.0. The number of H-pyrrole nitrogens is 1. The van der Waals surface area contributed by atoms with Crippen LogP contribution in [-0.4, -0.2) is 16.2 Å². The second kappa shape index (κ2) is 10.1. The van der Waals surface area contributed by atoms with Crippen molar-refractivity contribution in [2.75, 3.05) is 0 Å². The highest BCUT2D eigenvalue weighted by molar-refractivity contribution is 6.06. The van der Waals surface area contributed by atoms with Gasteiger partial charge in [0.1, 0.15) is 0 Å². The minimum absolute atomic E-state index is 0.648. The number of hydrogen-bond acceptors (Lipinski definition) is 3. The van der Waals surface area contributed by atoms with Crippen LogP contribution in [0.2, 0.25) is 0 Å². The van der Waals surface area contributed by atoms with Crippen molar-refractivity contribution in [3.05, 3.63) is 89.2 Å². The van der Waals surface area contributed by atoms with E-state index < -0.39 is 0 Å². The Labute approximate surface area is 184 Å². The van der Waals surface area contributed by atoms with E-state index in [1.54, 1.807) is 6.20 Å². The zero-order chi connectivity index (χ0) is 21.5. The second-order valence-electron chi connectivity index (χ2n) is 7.90. The molecule has 2 aromatic heterocycles. The van der Waals surface area contributed by atoms with Gasteiger partial charge in [-0.3, -0.25) is 4.98 Å². The molecule has 0 saturated carbocycles. The number of aromatic amines is 1. The molecular formula is C27H30N4. The van der Waals surface area contributed by atoms with Gasteiger partial charge in [-0.15, -0.1) is 0 Å². The van der Waals surface area contributed by atoms with E-state index in [1.807, 2.05) is 24.5 Å². The fraction of sp³-hybridized carbons (Fsp3) is 0.259. The maximum atomic E-state index is 4.55. The lowest BCUT2D eigenvalue weighted by Gasteiger charge is -2.04. The number of unbranched alkanes of at least 4 members (excludes halogenated alkanes) is 1. The van der Waals surface area contributed by atoms with Crippen molar-refractivity contribution < 1.29 is 0 Å². The first-order valence-corrected chi connectivity index (χ1v) is 11.2. The Hall–Kier alpha value is -3.40. The molecule has 31 heavy (non-hydrogen) atoms. The van der Waals surface area contributed by atoms with Gasteiger partial charge in [-0.1, -0.05) is 56.7 Å². The summed E-state index contributed by atoms with van der Waals surface area (Å²) in [5.41, 5.74) is 11.5. The van der Waals surface area contributed by atoms with Crippen LogP contribution in [0.5, 0.6) is 0 Å². The maximum absolute atomic E-state index is 4.55. The third-order valence-electron chi connectivity index (χ3n) is 5.66. The summed E-state index contributed by atoms with van der Waals surface area (Å²) in [4.78, 5) is 7.79. The summed E-state index contributed by atoms with van der Waals surface area (Å²) in [6.45, 7) is 5.07. The number of pyridine rings is 1. The summed E-state index contributed by atoms with van der Waals surface area (Å²) in [5, 5.41) is 5.77. The highest BCUT2D eigenvalue weighted by atomic mass is 15.3. The fourth-order valence-electron chi connectivity index (χ4n) is 3.82. The van der Waals surface area contributed by atoms with Crippen LogP contribution in [0.1, 0.15) is 48.9 Å². The Kier molecular flexibility index (Phi) is 6.78. The van der Waals surface area contributed by atoms with Crippen molar-refractivity contribution in [3.8, 4) is 11.3 Å². The summed E-state index contributed by atoms with van der Waals surface area (Å²) in [6, 6.07) is 19.5. The van der Waals surface area contributed by atoms with E-state index in [1.165, 1.54) is 34.9 Å². The van der Waals surface area contributed by atoms with Gasteiger partial charge in [0.2, 0.25) is 0 Å². The molecule has 4 nitrogen and oxygen atoms in total. The van der Waals surface area contributed by atoms with Crippen molar-refractivity contribution >= 4 is 17.1 Å². The zero-order valence-electron chi connectivity index (χ0n) is 18.4. The number of hydrogen-bond donors (Lipinski definition) is 2. The first kappa shape index (κ1) is 20.9. The average Bonchev–Trinajstić information content (AvgIpc) is 3.19. The third-order valence-corrected chi connectivity index (χ3v) is 5.66. The number of fused-ring (bicyclic) bond motifs is 1. The van der Waals surface area contributed by atoms with E-state index >= 15 is 0 Å². The standard InChI is InChI=1S/C27H30N4/c1-3-5-7-21-11-14-26-24(16-21)25(19-30-29-18-22-8-6-15-28-17-22)27(31-26)23-12-9-20(4-2)10-13-23/h6,8-17,19,29,31H,3-5,7,18H2,1-2H3. The van der Waals surface area contributed by atoms with Crippen molar-refractivity contribution in [2.45, 2.75) is 46.1 Å². The first-order valence-electron chi connectivity index (χ1n) is 11.2. The zero-order valence-corrected chi connectivity index (χ0v) is 18.4. The molecule has 0 radical (unpaired) electrons. The quantitative estimate of drug-likeness (QED) is 0.253. The molecule has 0 aliphatic carbocycles. The topological polar surface area (TPSA) is 53.1 Å². The number of benzene rings is 2. The molecule has 0 aliphatic rings. The molecule has 4 rings (SSSR count). The third kappa shape index (κ3) is 5.02. The molecule has 0 aliphatic heterocycles. The Bertz CT molecular complexity index is 1140. The van der Waals surface area contributed by atoms with Gasteiger partial charge >= 0.3 is 0 Å². The lowest BCUT2D eigenvalue weighted by Crippen LogP contribution is -2.05. The van der Waals surface area contributed by atoms with Gasteiger partial charge in [-0.2, -0.15) is 5.10 Å². The van der Waals surface area contributed by atoms with Gasteiger partial charge in [0.25, 0.3) is 0 Å². The number of aryl methyl sites for hydroxylation is 2. The Morgan fingerprint density at radius 3 is 2.58 bits per heavy atom. The molecular weight excluding hydrogens is 380 g/mol. The predicted octanol–water partition coefficient (Wildman–Crippen LogP) is 6.26. The normalized spacial score (nSPS) is 11.4. The molecule has 0 bridgehead atoms. The van der Waals surface area contributed by atoms with E-state index in [0.717, 1.165) is 35.2 Å². The van der Waals surface area contributed by atoms with Crippen LogP contribution in [0.4, 0.5) is 0 Å². The molecule has 158 valence electrons. The van der Waals surface area contributed by atoms with Gasteiger partial charge in [-0.25, -0.2) is 0 Å². The maximum Gasteiger partial charge on any atom is 0.0595 e. The summed E-state index contributed by atoms with van der Waals surface area (Å²) in [5.74, 6) is 0. The predicted molar refractivity (Wildman–Crippen MR) is 130 cm³/mol. The second-order valence-corrected chi connectivity index (χ2v) is 7.90. The highest BCUT2D eigenvalue weighted by Crippen LogP contribution is 2.30. The molecule has 0 amide bonds. The lowest BCUT2D eigenvalue weighted by molar-refractivity contribution is 0.745. The van der Waals surface area contributed by atoms with E-state index in [-0.39, 0.29) is 0 Å². The Balaban J connectivity index is 1.68. The van der Waals surface area contributed by atoms with E-state index in [9.17, 15) is 0 Å². The number of hydrazone groups is 1. The molecule has 0 fully saturated rings. The summed E-state index contributed by atoms with van der Waals surface area (Å²) >= 11 is 0. The van der Waals surface area contributed by atoms with Crippen molar-refractivity contribution in [2.24, 2.45) is 5.10 Å². The molecule has 2 N–H and O–H groups in total. The van der Waals surface area contributed by atoms with Gasteiger partial charge < -0.3 is 10.4 Å². The summed E-state index contributed by atoms with van der Waals surface area (Å²) in [7, 11) is 0. The Morgan fingerprint density at radius 1 is 1.00 bits per heavy atom. The van der Waals surface area contributed by atoms with Crippen LogP contribution in [-0.2, 0) is 19.4 Å². The molecule has 0 unspecified atom stereocenters. The fourth-order valence-corrected chi connectivity index (χ4v) is 3.82. The van der Waals surface area contributed by atoms with E-state index in [0.29, 0.717) is 6.54 Å². The number of nitrogens with one attached hydrogen (secondary N) is 2. The van der Waals surface area contributed by atoms with Gasteiger partial charge in [0.05, 0.1) is 18.5 Å². The molecule has 0 spiro atoms. The molecule has 0 saturated heterocycles. The van der Waals surface area contributed by atoms with Crippen molar-refractivity contribution in [3.63, 3.8) is 0 Å². The first-order chi connectivity index (χ1) is 15.3. The average molecular weight is 411 g/mol.